The number of ether oxygens (including phenoxy) is 1. The first kappa shape index (κ1) is 13.0. The number of amides is 1. The summed E-state index contributed by atoms with van der Waals surface area (Å²) in [5.74, 6) is -0.0790. The van der Waals surface area contributed by atoms with E-state index in [4.69, 9.17) is 10.00 Å². The number of nitrogens with zero attached hydrogens (tertiary/aromatic N) is 2. The van der Waals surface area contributed by atoms with Crippen molar-refractivity contribution in [3.63, 3.8) is 0 Å². The highest BCUT2D eigenvalue weighted by molar-refractivity contribution is 5.78. The molecule has 0 radical (unpaired) electrons. The van der Waals surface area contributed by atoms with Crippen molar-refractivity contribution in [2.24, 2.45) is 5.41 Å². The van der Waals surface area contributed by atoms with Crippen LogP contribution in [0.3, 0.4) is 0 Å². The molecule has 0 aromatic rings. The lowest BCUT2D eigenvalue weighted by atomic mass is 9.88. The second-order valence-corrected chi connectivity index (χ2v) is 5.43. The Balaban J connectivity index is 2.48. The Morgan fingerprint density at radius 2 is 2.25 bits per heavy atom. The molecule has 0 aromatic carbocycles. The SMILES string of the molecule is CC(C)(C)C[C@@H]1CN(C(=O)CC#N)CCO1. The van der Waals surface area contributed by atoms with Crippen LogP contribution in [0.2, 0.25) is 0 Å². The summed E-state index contributed by atoms with van der Waals surface area (Å²) in [6.07, 6.45) is 1.02. The largest absolute Gasteiger partial charge is 0.375 e. The highest BCUT2D eigenvalue weighted by Crippen LogP contribution is 2.24. The molecular weight excluding hydrogens is 204 g/mol. The maximum absolute atomic E-state index is 11.6. The molecule has 1 fully saturated rings. The Labute approximate surface area is 97.2 Å². The van der Waals surface area contributed by atoms with Crippen molar-refractivity contribution in [2.75, 3.05) is 19.7 Å². The fourth-order valence-corrected chi connectivity index (χ4v) is 1.93. The zero-order valence-corrected chi connectivity index (χ0v) is 10.3. The lowest BCUT2D eigenvalue weighted by Gasteiger charge is -2.35. The van der Waals surface area contributed by atoms with E-state index in [-0.39, 0.29) is 23.8 Å². The standard InChI is InChI=1S/C12H20N2O2/c1-12(2,3)8-10-9-14(6-7-16-10)11(15)4-5-13/h10H,4,6-9H2,1-3H3/t10-/m1/s1. The number of carbonyl (C=O) groups excluding carboxylic acids is 1. The molecule has 0 spiro atoms. The first-order valence-corrected chi connectivity index (χ1v) is 5.69. The predicted octanol–water partition coefficient (Wildman–Crippen LogP) is 1.56. The van der Waals surface area contributed by atoms with Gasteiger partial charge in [0.05, 0.1) is 18.8 Å². The van der Waals surface area contributed by atoms with Gasteiger partial charge in [0.15, 0.2) is 0 Å². The van der Waals surface area contributed by atoms with Gasteiger partial charge in [0.2, 0.25) is 5.91 Å². The minimum absolute atomic E-state index is 0.0256. The van der Waals surface area contributed by atoms with Crippen molar-refractivity contribution >= 4 is 5.91 Å². The minimum atomic E-state index is -0.0790. The molecule has 0 aliphatic carbocycles. The molecule has 0 N–H and O–H groups in total. The highest BCUT2D eigenvalue weighted by atomic mass is 16.5. The van der Waals surface area contributed by atoms with E-state index in [1.54, 1.807) is 4.90 Å². The van der Waals surface area contributed by atoms with Crippen LogP contribution in [0.1, 0.15) is 33.6 Å². The summed E-state index contributed by atoms with van der Waals surface area (Å²) in [4.78, 5) is 13.3. The van der Waals surface area contributed by atoms with E-state index < -0.39 is 0 Å². The maximum Gasteiger partial charge on any atom is 0.236 e. The van der Waals surface area contributed by atoms with Gasteiger partial charge in [0.25, 0.3) is 0 Å². The molecule has 1 amide bonds. The van der Waals surface area contributed by atoms with Crippen LogP contribution in [0.5, 0.6) is 0 Å². The smallest absolute Gasteiger partial charge is 0.236 e. The molecule has 4 heteroatoms. The molecule has 1 aliphatic rings. The van der Waals surface area contributed by atoms with E-state index in [1.807, 2.05) is 6.07 Å². The lowest BCUT2D eigenvalue weighted by molar-refractivity contribution is -0.138. The van der Waals surface area contributed by atoms with Gasteiger partial charge in [-0.05, 0) is 11.8 Å². The summed E-state index contributed by atoms with van der Waals surface area (Å²) >= 11 is 0. The Bertz CT molecular complexity index is 288. The quantitative estimate of drug-likeness (QED) is 0.715. The van der Waals surface area contributed by atoms with Crippen molar-refractivity contribution in [3.05, 3.63) is 0 Å². The molecular formula is C12H20N2O2. The lowest BCUT2D eigenvalue weighted by Crippen LogP contribution is -2.46. The van der Waals surface area contributed by atoms with Crippen molar-refractivity contribution < 1.29 is 9.53 Å². The zero-order valence-electron chi connectivity index (χ0n) is 10.3. The number of rotatable bonds is 2. The summed E-state index contributed by atoms with van der Waals surface area (Å²) in [6.45, 7) is 8.29. The third-order valence-corrected chi connectivity index (χ3v) is 2.56. The molecule has 90 valence electrons. The van der Waals surface area contributed by atoms with Gasteiger partial charge in [-0.1, -0.05) is 20.8 Å². The van der Waals surface area contributed by atoms with E-state index in [9.17, 15) is 4.79 Å². The maximum atomic E-state index is 11.6. The topological polar surface area (TPSA) is 53.3 Å². The number of carbonyl (C=O) groups is 1. The van der Waals surface area contributed by atoms with E-state index in [0.29, 0.717) is 19.7 Å². The van der Waals surface area contributed by atoms with Crippen LogP contribution < -0.4 is 0 Å². The zero-order chi connectivity index (χ0) is 12.2. The fourth-order valence-electron chi connectivity index (χ4n) is 1.93. The van der Waals surface area contributed by atoms with Gasteiger partial charge in [-0.3, -0.25) is 4.79 Å². The molecule has 1 saturated heterocycles. The van der Waals surface area contributed by atoms with E-state index in [2.05, 4.69) is 20.8 Å². The van der Waals surface area contributed by atoms with Crippen LogP contribution in [0.25, 0.3) is 0 Å². The van der Waals surface area contributed by atoms with Gasteiger partial charge in [0, 0.05) is 13.1 Å². The van der Waals surface area contributed by atoms with Gasteiger partial charge in [0.1, 0.15) is 6.42 Å². The Morgan fingerprint density at radius 3 is 2.81 bits per heavy atom. The molecule has 1 atom stereocenters. The number of nitriles is 1. The number of morpholine rings is 1. The van der Waals surface area contributed by atoms with E-state index >= 15 is 0 Å². The minimum Gasteiger partial charge on any atom is -0.375 e. The molecule has 0 saturated carbocycles. The molecule has 0 aromatic heterocycles. The molecule has 1 aliphatic heterocycles. The second-order valence-electron chi connectivity index (χ2n) is 5.43. The van der Waals surface area contributed by atoms with E-state index in [1.165, 1.54) is 0 Å². The van der Waals surface area contributed by atoms with Crippen molar-refractivity contribution in [3.8, 4) is 6.07 Å². The summed E-state index contributed by atoms with van der Waals surface area (Å²) in [7, 11) is 0. The van der Waals surface area contributed by atoms with Gasteiger partial charge in [-0.2, -0.15) is 5.26 Å². The molecule has 4 nitrogen and oxygen atoms in total. The second kappa shape index (κ2) is 5.31. The third-order valence-electron chi connectivity index (χ3n) is 2.56. The van der Waals surface area contributed by atoms with Crippen LogP contribution in [0.15, 0.2) is 0 Å². The van der Waals surface area contributed by atoms with Crippen molar-refractivity contribution in [2.45, 2.75) is 39.7 Å². The van der Waals surface area contributed by atoms with Crippen LogP contribution in [-0.4, -0.2) is 36.6 Å². The first-order chi connectivity index (χ1) is 7.42. The van der Waals surface area contributed by atoms with Crippen LogP contribution in [0, 0.1) is 16.7 Å². The van der Waals surface area contributed by atoms with Crippen molar-refractivity contribution in [1.82, 2.24) is 4.90 Å². The van der Waals surface area contributed by atoms with Gasteiger partial charge < -0.3 is 9.64 Å². The van der Waals surface area contributed by atoms with Crippen molar-refractivity contribution in [1.29, 1.82) is 5.26 Å². The Kier molecular flexibility index (Phi) is 4.31. The molecule has 16 heavy (non-hydrogen) atoms. The number of hydrogen-bond donors (Lipinski definition) is 0. The van der Waals surface area contributed by atoms with Gasteiger partial charge >= 0.3 is 0 Å². The van der Waals surface area contributed by atoms with Crippen LogP contribution >= 0.6 is 0 Å². The molecule has 1 rings (SSSR count). The summed E-state index contributed by atoms with van der Waals surface area (Å²) in [5.41, 5.74) is 0.200. The summed E-state index contributed by atoms with van der Waals surface area (Å²) in [5, 5.41) is 8.49. The van der Waals surface area contributed by atoms with Crippen LogP contribution in [0.4, 0.5) is 0 Å². The Hall–Kier alpha value is -1.08. The summed E-state index contributed by atoms with van der Waals surface area (Å²) in [6, 6.07) is 1.90. The fraction of sp³-hybridized carbons (Fsp3) is 0.833. The summed E-state index contributed by atoms with van der Waals surface area (Å²) < 4.78 is 5.64. The normalized spacial score (nSPS) is 21.6. The third kappa shape index (κ3) is 4.19. The number of hydrogen-bond acceptors (Lipinski definition) is 3. The molecule has 1 heterocycles. The van der Waals surface area contributed by atoms with Crippen LogP contribution in [-0.2, 0) is 9.53 Å². The average molecular weight is 224 g/mol. The van der Waals surface area contributed by atoms with E-state index in [0.717, 1.165) is 6.42 Å². The predicted molar refractivity (Wildman–Crippen MR) is 60.6 cm³/mol. The van der Waals surface area contributed by atoms with Gasteiger partial charge in [-0.15, -0.1) is 0 Å². The monoisotopic (exact) mass is 224 g/mol. The highest BCUT2D eigenvalue weighted by Gasteiger charge is 2.27. The molecule has 0 unspecified atom stereocenters. The Morgan fingerprint density at radius 1 is 1.56 bits per heavy atom. The first-order valence-electron chi connectivity index (χ1n) is 5.69. The van der Waals surface area contributed by atoms with Gasteiger partial charge in [-0.25, -0.2) is 0 Å². The molecule has 0 bridgehead atoms. The average Bonchev–Trinajstić information content (AvgIpc) is 2.16.